The van der Waals surface area contributed by atoms with E-state index in [-0.39, 0.29) is 24.8 Å². The lowest BCUT2D eigenvalue weighted by atomic mass is 9.96. The molecule has 45 heavy (non-hydrogen) atoms. The number of aliphatic hydroxyl groups excluding tert-OH is 1. The number of nitriles is 1. The minimum atomic E-state index is -1.57. The van der Waals surface area contributed by atoms with Crippen molar-refractivity contribution in [1.29, 1.82) is 5.26 Å². The van der Waals surface area contributed by atoms with Gasteiger partial charge in [-0.2, -0.15) is 5.26 Å². The van der Waals surface area contributed by atoms with Gasteiger partial charge in [0.25, 0.3) is 0 Å². The van der Waals surface area contributed by atoms with Gasteiger partial charge in [-0.25, -0.2) is 0 Å². The van der Waals surface area contributed by atoms with Crippen LogP contribution in [0.4, 0.5) is 0 Å². The van der Waals surface area contributed by atoms with E-state index in [1.54, 1.807) is 30.3 Å². The van der Waals surface area contributed by atoms with Crippen molar-refractivity contribution in [3.63, 3.8) is 0 Å². The molecule has 0 radical (unpaired) electrons. The van der Waals surface area contributed by atoms with Crippen LogP contribution in [0.25, 0.3) is 11.1 Å². The van der Waals surface area contributed by atoms with Crippen LogP contribution >= 0.6 is 11.6 Å². The van der Waals surface area contributed by atoms with Gasteiger partial charge < -0.3 is 29.2 Å². The van der Waals surface area contributed by atoms with E-state index in [1.165, 1.54) is 6.92 Å². The SMILES string of the molecule is Cc1c(COc2ccc(CN[C@](C)(CO)C(=O)O)c(OCc3cccc(C#N)c3)c2Cl)cccc1-c1ccc2c(c1)OCCO2. The smallest absolute Gasteiger partial charge is 0.326 e. The predicted molar refractivity (Wildman–Crippen MR) is 169 cm³/mol. The zero-order valence-corrected chi connectivity index (χ0v) is 25.7. The molecule has 0 aliphatic carbocycles. The van der Waals surface area contributed by atoms with Gasteiger partial charge >= 0.3 is 5.97 Å². The second-order valence-corrected chi connectivity index (χ2v) is 11.2. The number of aliphatic carboxylic acids is 1. The Morgan fingerprint density at radius 1 is 1.00 bits per heavy atom. The van der Waals surface area contributed by atoms with Crippen molar-refractivity contribution in [2.24, 2.45) is 0 Å². The first-order chi connectivity index (χ1) is 21.7. The maximum Gasteiger partial charge on any atom is 0.326 e. The molecule has 0 bridgehead atoms. The van der Waals surface area contributed by atoms with Crippen molar-refractivity contribution in [3.05, 3.63) is 106 Å². The van der Waals surface area contributed by atoms with Gasteiger partial charge in [0.1, 0.15) is 48.5 Å². The van der Waals surface area contributed by atoms with Gasteiger partial charge in [-0.3, -0.25) is 10.1 Å². The van der Waals surface area contributed by atoms with E-state index in [4.69, 9.17) is 30.5 Å². The van der Waals surface area contributed by atoms with Crippen LogP contribution in [0.15, 0.2) is 72.8 Å². The average Bonchev–Trinajstić information content (AvgIpc) is 3.06. The molecule has 1 aliphatic rings. The third kappa shape index (κ3) is 7.15. The lowest BCUT2D eigenvalue weighted by molar-refractivity contribution is -0.145. The minimum Gasteiger partial charge on any atom is -0.487 e. The topological polar surface area (TPSA) is 130 Å². The summed E-state index contributed by atoms with van der Waals surface area (Å²) in [5, 5.41) is 31.6. The third-order valence-corrected chi connectivity index (χ3v) is 8.08. The number of benzene rings is 4. The van der Waals surface area contributed by atoms with Crippen LogP contribution in [0.1, 0.15) is 34.7 Å². The van der Waals surface area contributed by atoms with Crippen LogP contribution in [-0.2, 0) is 24.6 Å². The summed E-state index contributed by atoms with van der Waals surface area (Å²) in [5.41, 5.74) is 4.29. The van der Waals surface area contributed by atoms with E-state index >= 15 is 0 Å². The predicted octanol–water partition coefficient (Wildman–Crippen LogP) is 6.04. The summed E-state index contributed by atoms with van der Waals surface area (Å²) in [4.78, 5) is 11.7. The number of rotatable bonds is 12. The third-order valence-electron chi connectivity index (χ3n) is 7.72. The number of hydrogen-bond donors (Lipinski definition) is 3. The highest BCUT2D eigenvalue weighted by Crippen LogP contribution is 2.39. The Balaban J connectivity index is 1.39. The zero-order chi connectivity index (χ0) is 32.0. The molecular weight excluding hydrogens is 596 g/mol. The van der Waals surface area contributed by atoms with Crippen molar-refractivity contribution in [2.75, 3.05) is 19.8 Å². The first-order valence-electron chi connectivity index (χ1n) is 14.4. The van der Waals surface area contributed by atoms with E-state index in [0.29, 0.717) is 35.8 Å². The molecule has 9 nitrogen and oxygen atoms in total. The van der Waals surface area contributed by atoms with Crippen LogP contribution in [-0.4, -0.2) is 41.5 Å². The summed E-state index contributed by atoms with van der Waals surface area (Å²) >= 11 is 6.86. The van der Waals surface area contributed by atoms with Gasteiger partial charge in [-0.1, -0.05) is 54.1 Å². The summed E-state index contributed by atoms with van der Waals surface area (Å²) in [6.45, 7) is 4.24. The number of carboxylic acids is 1. The summed E-state index contributed by atoms with van der Waals surface area (Å²) in [6.07, 6.45) is 0. The molecule has 0 saturated heterocycles. The average molecular weight is 629 g/mol. The Kier molecular flexibility index (Phi) is 9.79. The normalized spacial score (nSPS) is 13.4. The van der Waals surface area contributed by atoms with Gasteiger partial charge in [0.15, 0.2) is 11.5 Å². The Morgan fingerprint density at radius 2 is 1.78 bits per heavy atom. The monoisotopic (exact) mass is 628 g/mol. The first kappa shape index (κ1) is 31.7. The van der Waals surface area contributed by atoms with Crippen LogP contribution < -0.4 is 24.3 Å². The van der Waals surface area contributed by atoms with Crippen molar-refractivity contribution in [1.82, 2.24) is 5.32 Å². The summed E-state index contributed by atoms with van der Waals surface area (Å²) in [6, 6.07) is 24.5. The zero-order valence-electron chi connectivity index (χ0n) is 24.9. The second kappa shape index (κ2) is 13.9. The molecule has 0 amide bonds. The van der Waals surface area contributed by atoms with Crippen molar-refractivity contribution in [3.8, 4) is 40.2 Å². The lowest BCUT2D eigenvalue weighted by Crippen LogP contribution is -2.52. The highest BCUT2D eigenvalue weighted by atomic mass is 35.5. The van der Waals surface area contributed by atoms with Gasteiger partial charge in [-0.05, 0) is 72.0 Å². The molecule has 0 aromatic heterocycles. The van der Waals surface area contributed by atoms with Crippen LogP contribution in [0, 0.1) is 18.3 Å². The number of fused-ring (bicyclic) bond motifs is 1. The molecule has 1 aliphatic heterocycles. The molecule has 1 heterocycles. The number of carboxylic acid groups (broad SMARTS) is 1. The molecule has 0 saturated carbocycles. The molecule has 1 atom stereocenters. The summed E-state index contributed by atoms with van der Waals surface area (Å²) in [7, 11) is 0. The van der Waals surface area contributed by atoms with Gasteiger partial charge in [-0.15, -0.1) is 0 Å². The van der Waals surface area contributed by atoms with Crippen LogP contribution in [0.3, 0.4) is 0 Å². The quantitative estimate of drug-likeness (QED) is 0.172. The molecule has 5 rings (SSSR count). The lowest BCUT2D eigenvalue weighted by Gasteiger charge is -2.25. The molecule has 3 N–H and O–H groups in total. The number of aliphatic hydroxyl groups is 1. The molecular formula is C35H33ClN2O7. The Morgan fingerprint density at radius 3 is 2.53 bits per heavy atom. The number of nitrogens with zero attached hydrogens (tertiary/aromatic N) is 1. The molecule has 0 fully saturated rings. The molecule has 4 aromatic rings. The largest absolute Gasteiger partial charge is 0.487 e. The fourth-order valence-corrected chi connectivity index (χ4v) is 5.17. The van der Waals surface area contributed by atoms with Gasteiger partial charge in [0.2, 0.25) is 0 Å². The highest BCUT2D eigenvalue weighted by Gasteiger charge is 2.32. The van der Waals surface area contributed by atoms with E-state index in [1.807, 2.05) is 49.4 Å². The molecule has 0 unspecified atom stereocenters. The van der Waals surface area contributed by atoms with Gasteiger partial charge in [0, 0.05) is 12.1 Å². The maximum absolute atomic E-state index is 11.7. The maximum atomic E-state index is 11.7. The highest BCUT2D eigenvalue weighted by molar-refractivity contribution is 6.33. The Hall–Kier alpha value is -4.75. The number of carbonyl (C=O) groups is 1. The molecule has 0 spiro atoms. The fourth-order valence-electron chi connectivity index (χ4n) is 4.88. The standard InChI is InChI=1S/C35H33ClN2O7/c1-22-27(7-4-8-28(22)25-9-11-29-31(16-25)43-14-13-42-29)20-44-30-12-10-26(18-38-35(2,21-39)34(40)41)33(32(30)36)45-19-24-6-3-5-23(15-24)17-37/h3-12,15-16,38-39H,13-14,18-21H2,1-2H3,(H,40,41)/t35-/m1/s1. The van der Waals surface area contributed by atoms with Crippen molar-refractivity contribution in [2.45, 2.75) is 39.1 Å². The fraction of sp³-hybridized carbons (Fsp3) is 0.257. The number of ether oxygens (including phenoxy) is 4. The number of nitrogens with one attached hydrogen (secondary N) is 1. The van der Waals surface area contributed by atoms with E-state index in [0.717, 1.165) is 39.3 Å². The summed E-state index contributed by atoms with van der Waals surface area (Å²) < 4.78 is 23.8. The first-order valence-corrected chi connectivity index (χ1v) is 14.7. The van der Waals surface area contributed by atoms with Crippen molar-refractivity contribution < 1.29 is 34.0 Å². The van der Waals surface area contributed by atoms with Crippen molar-refractivity contribution >= 4 is 17.6 Å². The summed E-state index contributed by atoms with van der Waals surface area (Å²) in [5.74, 6) is 0.941. The van der Waals surface area contributed by atoms with E-state index in [9.17, 15) is 20.3 Å². The van der Waals surface area contributed by atoms with E-state index < -0.39 is 18.1 Å². The number of halogens is 1. The van der Waals surface area contributed by atoms with Crippen LogP contribution in [0.5, 0.6) is 23.0 Å². The second-order valence-electron chi connectivity index (χ2n) is 10.9. The number of hydrogen-bond acceptors (Lipinski definition) is 8. The van der Waals surface area contributed by atoms with E-state index in [2.05, 4.69) is 11.4 Å². The molecule has 10 heteroatoms. The molecule has 4 aromatic carbocycles. The molecule has 232 valence electrons. The van der Waals surface area contributed by atoms with Gasteiger partial charge in [0.05, 0.1) is 18.2 Å². The minimum absolute atomic E-state index is 0.0492. The Bertz CT molecular complexity index is 1750. The Labute approximate surface area is 266 Å². The van der Waals surface area contributed by atoms with Crippen LogP contribution in [0.2, 0.25) is 5.02 Å².